The first kappa shape index (κ1) is 15.9. The monoisotopic (exact) mass is 256 g/mol. The molecule has 0 spiro atoms. The third kappa shape index (κ3) is 8.06. The van der Waals surface area contributed by atoms with Crippen LogP contribution < -0.4 is 5.32 Å². The zero-order valence-corrected chi connectivity index (χ0v) is 12.6. The Balaban J connectivity index is 1.91. The summed E-state index contributed by atoms with van der Waals surface area (Å²) in [5, 5.41) is 3.49. The molecule has 18 heavy (non-hydrogen) atoms. The predicted molar refractivity (Wildman–Crippen MR) is 78.0 cm³/mol. The molecular formula is C15H32N2O. The van der Waals surface area contributed by atoms with Crippen LogP contribution in [-0.4, -0.2) is 50.8 Å². The van der Waals surface area contributed by atoms with Gasteiger partial charge in [-0.25, -0.2) is 0 Å². The fraction of sp³-hybridized carbons (Fsp3) is 1.00. The van der Waals surface area contributed by atoms with Crippen LogP contribution in [0.15, 0.2) is 0 Å². The van der Waals surface area contributed by atoms with Crippen molar-refractivity contribution in [3.63, 3.8) is 0 Å². The standard InChI is InChI=1S/C15H32N2O/c1-14(2)13-16-9-11-17(3)10-6-8-15-7-4-5-12-18-15/h14-16H,4-13H2,1-3H3. The zero-order valence-electron chi connectivity index (χ0n) is 12.6. The van der Waals surface area contributed by atoms with Gasteiger partial charge in [-0.2, -0.15) is 0 Å². The number of hydrogen-bond acceptors (Lipinski definition) is 3. The smallest absolute Gasteiger partial charge is 0.0575 e. The largest absolute Gasteiger partial charge is 0.378 e. The molecule has 1 aliphatic rings. The van der Waals surface area contributed by atoms with Crippen LogP contribution in [0, 0.1) is 5.92 Å². The number of nitrogens with one attached hydrogen (secondary N) is 1. The van der Waals surface area contributed by atoms with Crippen LogP contribution in [0.4, 0.5) is 0 Å². The average molecular weight is 256 g/mol. The van der Waals surface area contributed by atoms with Gasteiger partial charge in [-0.05, 0) is 58.2 Å². The van der Waals surface area contributed by atoms with Crippen molar-refractivity contribution in [3.05, 3.63) is 0 Å². The van der Waals surface area contributed by atoms with E-state index in [2.05, 4.69) is 31.1 Å². The van der Waals surface area contributed by atoms with Crippen LogP contribution in [0.1, 0.15) is 46.0 Å². The number of ether oxygens (including phenoxy) is 1. The fourth-order valence-corrected chi connectivity index (χ4v) is 2.40. The van der Waals surface area contributed by atoms with Crippen molar-refractivity contribution in [2.45, 2.75) is 52.1 Å². The van der Waals surface area contributed by atoms with Crippen molar-refractivity contribution in [1.29, 1.82) is 0 Å². The van der Waals surface area contributed by atoms with Crippen molar-refractivity contribution in [1.82, 2.24) is 10.2 Å². The first-order valence-corrected chi connectivity index (χ1v) is 7.69. The zero-order chi connectivity index (χ0) is 13.2. The summed E-state index contributed by atoms with van der Waals surface area (Å²) in [6, 6.07) is 0. The summed E-state index contributed by atoms with van der Waals surface area (Å²) in [7, 11) is 2.22. The highest BCUT2D eigenvalue weighted by Gasteiger charge is 2.13. The highest BCUT2D eigenvalue weighted by Crippen LogP contribution is 2.16. The van der Waals surface area contributed by atoms with E-state index in [1.54, 1.807) is 0 Å². The van der Waals surface area contributed by atoms with Crippen LogP contribution in [0.3, 0.4) is 0 Å². The Labute approximate surface area is 113 Å². The average Bonchev–Trinajstić information content (AvgIpc) is 2.36. The maximum atomic E-state index is 5.75. The third-order valence-corrected chi connectivity index (χ3v) is 3.56. The van der Waals surface area contributed by atoms with Gasteiger partial charge in [-0.15, -0.1) is 0 Å². The third-order valence-electron chi connectivity index (χ3n) is 3.56. The van der Waals surface area contributed by atoms with Crippen LogP contribution >= 0.6 is 0 Å². The molecule has 1 saturated heterocycles. The molecule has 0 saturated carbocycles. The van der Waals surface area contributed by atoms with Crippen LogP contribution in [0.25, 0.3) is 0 Å². The van der Waals surface area contributed by atoms with E-state index in [-0.39, 0.29) is 0 Å². The van der Waals surface area contributed by atoms with Crippen LogP contribution in [-0.2, 0) is 4.74 Å². The maximum absolute atomic E-state index is 5.75. The summed E-state index contributed by atoms with van der Waals surface area (Å²) in [5.74, 6) is 0.749. The molecule has 0 aromatic carbocycles. The lowest BCUT2D eigenvalue weighted by Crippen LogP contribution is -2.32. The lowest BCUT2D eigenvalue weighted by molar-refractivity contribution is 0.00901. The van der Waals surface area contributed by atoms with E-state index < -0.39 is 0 Å². The maximum Gasteiger partial charge on any atom is 0.0575 e. The van der Waals surface area contributed by atoms with Gasteiger partial charge < -0.3 is 15.0 Å². The molecule has 1 aliphatic heterocycles. The number of nitrogens with zero attached hydrogens (tertiary/aromatic N) is 1. The van der Waals surface area contributed by atoms with Gasteiger partial charge in [0.15, 0.2) is 0 Å². The molecule has 1 atom stereocenters. The second-order valence-electron chi connectivity index (χ2n) is 6.03. The lowest BCUT2D eigenvalue weighted by atomic mass is 10.0. The number of likely N-dealkylation sites (N-methyl/N-ethyl adjacent to an activating group) is 1. The van der Waals surface area contributed by atoms with Gasteiger partial charge in [0, 0.05) is 19.7 Å². The molecule has 1 N–H and O–H groups in total. The van der Waals surface area contributed by atoms with E-state index in [0.717, 1.165) is 32.2 Å². The second kappa shape index (κ2) is 9.76. The van der Waals surface area contributed by atoms with Gasteiger partial charge in [0.1, 0.15) is 0 Å². The molecule has 1 fully saturated rings. The summed E-state index contributed by atoms with van der Waals surface area (Å²) in [5.41, 5.74) is 0. The Morgan fingerprint density at radius 3 is 2.78 bits per heavy atom. The molecule has 0 radical (unpaired) electrons. The molecule has 0 amide bonds. The van der Waals surface area contributed by atoms with Crippen molar-refractivity contribution in [2.75, 3.05) is 39.8 Å². The van der Waals surface area contributed by atoms with Crippen molar-refractivity contribution in [2.24, 2.45) is 5.92 Å². The molecule has 0 aromatic rings. The van der Waals surface area contributed by atoms with Crippen molar-refractivity contribution < 1.29 is 4.74 Å². The highest BCUT2D eigenvalue weighted by molar-refractivity contribution is 4.65. The second-order valence-corrected chi connectivity index (χ2v) is 6.03. The molecule has 1 heterocycles. The molecule has 1 unspecified atom stereocenters. The van der Waals surface area contributed by atoms with Gasteiger partial charge in [-0.3, -0.25) is 0 Å². The molecule has 3 heteroatoms. The highest BCUT2D eigenvalue weighted by atomic mass is 16.5. The fourth-order valence-electron chi connectivity index (χ4n) is 2.40. The summed E-state index contributed by atoms with van der Waals surface area (Å²) in [6.45, 7) is 10.1. The van der Waals surface area contributed by atoms with E-state index in [1.165, 1.54) is 38.6 Å². The first-order valence-electron chi connectivity index (χ1n) is 7.69. The molecule has 3 nitrogen and oxygen atoms in total. The topological polar surface area (TPSA) is 24.5 Å². The molecule has 0 aliphatic carbocycles. The number of hydrogen-bond donors (Lipinski definition) is 1. The van der Waals surface area contributed by atoms with Gasteiger partial charge in [0.2, 0.25) is 0 Å². The molecular weight excluding hydrogens is 224 g/mol. The van der Waals surface area contributed by atoms with E-state index >= 15 is 0 Å². The van der Waals surface area contributed by atoms with Crippen molar-refractivity contribution in [3.8, 4) is 0 Å². The minimum absolute atomic E-state index is 0.547. The quantitative estimate of drug-likeness (QED) is 0.642. The lowest BCUT2D eigenvalue weighted by Gasteiger charge is -2.24. The Hall–Kier alpha value is -0.120. The van der Waals surface area contributed by atoms with Gasteiger partial charge in [0.05, 0.1) is 6.10 Å². The SMILES string of the molecule is CC(C)CNCCN(C)CCCC1CCCCO1. The molecule has 0 aromatic heterocycles. The van der Waals surface area contributed by atoms with Gasteiger partial charge in [-0.1, -0.05) is 13.8 Å². The minimum atomic E-state index is 0.547. The Morgan fingerprint density at radius 2 is 2.11 bits per heavy atom. The molecule has 108 valence electrons. The summed E-state index contributed by atoms with van der Waals surface area (Å²) >= 11 is 0. The van der Waals surface area contributed by atoms with E-state index in [9.17, 15) is 0 Å². The Bertz CT molecular complexity index is 191. The normalized spacial score (nSPS) is 20.8. The van der Waals surface area contributed by atoms with E-state index in [1.807, 2.05) is 0 Å². The molecule has 1 rings (SSSR count). The first-order chi connectivity index (χ1) is 8.68. The summed E-state index contributed by atoms with van der Waals surface area (Å²) < 4.78 is 5.75. The number of rotatable bonds is 9. The van der Waals surface area contributed by atoms with E-state index in [0.29, 0.717) is 6.10 Å². The minimum Gasteiger partial charge on any atom is -0.378 e. The Kier molecular flexibility index (Phi) is 8.64. The van der Waals surface area contributed by atoms with Crippen molar-refractivity contribution >= 4 is 0 Å². The Morgan fingerprint density at radius 1 is 1.28 bits per heavy atom. The van der Waals surface area contributed by atoms with Crippen LogP contribution in [0.2, 0.25) is 0 Å². The van der Waals surface area contributed by atoms with E-state index in [4.69, 9.17) is 4.74 Å². The van der Waals surface area contributed by atoms with Gasteiger partial charge in [0.25, 0.3) is 0 Å². The predicted octanol–water partition coefficient (Wildman–Crippen LogP) is 2.51. The van der Waals surface area contributed by atoms with Gasteiger partial charge >= 0.3 is 0 Å². The van der Waals surface area contributed by atoms with Crippen LogP contribution in [0.5, 0.6) is 0 Å². The summed E-state index contributed by atoms with van der Waals surface area (Å²) in [4.78, 5) is 2.43. The molecule has 0 bridgehead atoms. The summed E-state index contributed by atoms with van der Waals surface area (Å²) in [6.07, 6.45) is 6.96.